The third-order valence-electron chi connectivity index (χ3n) is 4.37. The van der Waals surface area contributed by atoms with E-state index in [9.17, 15) is 14.4 Å². The molecule has 4 N–H and O–H groups in total. The average molecular weight is 364 g/mol. The molecule has 1 aromatic carbocycles. The maximum Gasteiger partial charge on any atom is 0.319 e. The Labute approximate surface area is 149 Å². The van der Waals surface area contributed by atoms with Crippen LogP contribution in [0.15, 0.2) is 29.2 Å². The summed E-state index contributed by atoms with van der Waals surface area (Å²) in [4.78, 5) is 38.9. The molecule has 2 fully saturated rings. The van der Waals surface area contributed by atoms with Crippen molar-refractivity contribution < 1.29 is 19.5 Å². The van der Waals surface area contributed by atoms with E-state index in [1.807, 2.05) is 30.5 Å². The van der Waals surface area contributed by atoms with Crippen molar-refractivity contribution in [2.24, 2.45) is 0 Å². The molecule has 2 saturated heterocycles. The summed E-state index contributed by atoms with van der Waals surface area (Å²) in [5, 5.41) is 17.2. The SMILES string of the molecule is CSc1ccc(NC(=O)N[C@H]2C[C@H]3C(=O)N[C@@H](CO)C(=O)N3C2)cc1. The Bertz CT molecular complexity index is 681. The summed E-state index contributed by atoms with van der Waals surface area (Å²) >= 11 is 1.61. The summed E-state index contributed by atoms with van der Waals surface area (Å²) in [6, 6.07) is 5.25. The van der Waals surface area contributed by atoms with Gasteiger partial charge in [0, 0.05) is 17.1 Å². The van der Waals surface area contributed by atoms with Crippen LogP contribution in [-0.4, -0.2) is 65.4 Å². The Kier molecular flexibility index (Phi) is 5.14. The normalized spacial score (nSPS) is 25.4. The lowest BCUT2D eigenvalue weighted by molar-refractivity contribution is -0.148. The van der Waals surface area contributed by atoms with Crippen LogP contribution in [0.1, 0.15) is 6.42 Å². The predicted octanol–water partition coefficient (Wildman–Crippen LogP) is -0.00980. The fraction of sp³-hybridized carbons (Fsp3) is 0.438. The number of nitrogens with one attached hydrogen (secondary N) is 3. The number of aliphatic hydroxyl groups is 1. The molecule has 0 aliphatic carbocycles. The molecule has 0 unspecified atom stereocenters. The van der Waals surface area contributed by atoms with E-state index in [0.29, 0.717) is 12.1 Å². The number of anilines is 1. The van der Waals surface area contributed by atoms with Gasteiger partial charge >= 0.3 is 6.03 Å². The van der Waals surface area contributed by atoms with Gasteiger partial charge in [0.05, 0.1) is 12.6 Å². The molecule has 3 atom stereocenters. The van der Waals surface area contributed by atoms with E-state index in [-0.39, 0.29) is 30.4 Å². The van der Waals surface area contributed by atoms with E-state index >= 15 is 0 Å². The quantitative estimate of drug-likeness (QED) is 0.562. The third-order valence-corrected chi connectivity index (χ3v) is 5.11. The zero-order valence-corrected chi connectivity index (χ0v) is 14.5. The predicted molar refractivity (Wildman–Crippen MR) is 93.3 cm³/mol. The summed E-state index contributed by atoms with van der Waals surface area (Å²) in [6.07, 6.45) is 2.33. The maximum atomic E-state index is 12.2. The van der Waals surface area contributed by atoms with Gasteiger partial charge in [0.2, 0.25) is 11.8 Å². The van der Waals surface area contributed by atoms with Crippen molar-refractivity contribution in [1.29, 1.82) is 0 Å². The summed E-state index contributed by atoms with van der Waals surface area (Å²) in [7, 11) is 0. The first-order valence-corrected chi connectivity index (χ1v) is 9.17. The van der Waals surface area contributed by atoms with Crippen LogP contribution >= 0.6 is 11.8 Å². The van der Waals surface area contributed by atoms with Crippen molar-refractivity contribution in [2.45, 2.75) is 29.4 Å². The molecule has 0 bridgehead atoms. The molecule has 0 saturated carbocycles. The van der Waals surface area contributed by atoms with Gasteiger partial charge in [0.1, 0.15) is 12.1 Å². The lowest BCUT2D eigenvalue weighted by atomic mass is 10.1. The highest BCUT2D eigenvalue weighted by Gasteiger charge is 2.46. The number of benzene rings is 1. The van der Waals surface area contributed by atoms with Crippen LogP contribution in [0.3, 0.4) is 0 Å². The zero-order chi connectivity index (χ0) is 18.0. The summed E-state index contributed by atoms with van der Waals surface area (Å²) < 4.78 is 0. The summed E-state index contributed by atoms with van der Waals surface area (Å²) in [5.74, 6) is -0.611. The molecule has 0 spiro atoms. The number of carbonyl (C=O) groups is 3. The second-order valence-corrected chi connectivity index (χ2v) is 6.89. The van der Waals surface area contributed by atoms with Crippen LogP contribution in [0.5, 0.6) is 0 Å². The number of piperazine rings is 1. The Morgan fingerprint density at radius 3 is 2.72 bits per heavy atom. The Hall–Kier alpha value is -2.26. The van der Waals surface area contributed by atoms with E-state index in [4.69, 9.17) is 5.11 Å². The molecular weight excluding hydrogens is 344 g/mol. The number of urea groups is 1. The van der Waals surface area contributed by atoms with Crippen molar-refractivity contribution in [3.63, 3.8) is 0 Å². The van der Waals surface area contributed by atoms with E-state index in [1.54, 1.807) is 11.8 Å². The van der Waals surface area contributed by atoms with Gasteiger partial charge in [-0.15, -0.1) is 11.8 Å². The van der Waals surface area contributed by atoms with Crippen molar-refractivity contribution in [1.82, 2.24) is 15.5 Å². The second kappa shape index (κ2) is 7.32. The number of amides is 4. The van der Waals surface area contributed by atoms with Crippen LogP contribution in [0.25, 0.3) is 0 Å². The molecule has 2 aliphatic heterocycles. The Morgan fingerprint density at radius 1 is 1.36 bits per heavy atom. The molecule has 0 radical (unpaired) electrons. The minimum absolute atomic E-state index is 0.256. The number of nitrogens with zero attached hydrogens (tertiary/aromatic N) is 1. The summed E-state index contributed by atoms with van der Waals surface area (Å²) in [5.41, 5.74) is 0.667. The fourth-order valence-corrected chi connectivity index (χ4v) is 3.52. The Balaban J connectivity index is 1.57. The highest BCUT2D eigenvalue weighted by atomic mass is 32.2. The smallest absolute Gasteiger partial charge is 0.319 e. The third kappa shape index (κ3) is 3.72. The molecule has 4 amide bonds. The van der Waals surface area contributed by atoms with Crippen LogP contribution in [-0.2, 0) is 9.59 Å². The number of carbonyl (C=O) groups excluding carboxylic acids is 3. The monoisotopic (exact) mass is 364 g/mol. The zero-order valence-electron chi connectivity index (χ0n) is 13.7. The highest BCUT2D eigenvalue weighted by Crippen LogP contribution is 2.23. The number of fused-ring (bicyclic) bond motifs is 1. The Morgan fingerprint density at radius 2 is 2.08 bits per heavy atom. The van der Waals surface area contributed by atoms with Crippen molar-refractivity contribution in [2.75, 3.05) is 24.7 Å². The number of aliphatic hydroxyl groups excluding tert-OH is 1. The van der Waals surface area contributed by atoms with Crippen LogP contribution in [0.4, 0.5) is 10.5 Å². The first-order chi connectivity index (χ1) is 12.0. The molecule has 25 heavy (non-hydrogen) atoms. The van der Waals surface area contributed by atoms with E-state index in [0.717, 1.165) is 4.90 Å². The van der Waals surface area contributed by atoms with E-state index in [2.05, 4.69) is 16.0 Å². The van der Waals surface area contributed by atoms with Crippen LogP contribution in [0, 0.1) is 0 Å². The molecule has 3 rings (SSSR count). The topological polar surface area (TPSA) is 111 Å². The van der Waals surface area contributed by atoms with Gasteiger partial charge in [0.15, 0.2) is 0 Å². The maximum absolute atomic E-state index is 12.2. The molecule has 2 heterocycles. The van der Waals surface area contributed by atoms with Gasteiger partial charge in [0.25, 0.3) is 0 Å². The molecule has 2 aliphatic rings. The van der Waals surface area contributed by atoms with Gasteiger partial charge in [-0.1, -0.05) is 0 Å². The molecule has 1 aromatic rings. The molecule has 9 heteroatoms. The second-order valence-electron chi connectivity index (χ2n) is 6.01. The standard InChI is InChI=1S/C16H20N4O4S/c1-25-11-4-2-9(3-5-11)17-16(24)18-10-6-13-14(22)19-12(8-21)15(23)20(13)7-10/h2-5,10,12-13,21H,6-8H2,1H3,(H,19,22)(H2,17,18,24)/t10-,12-,13-/m0/s1. The van der Waals surface area contributed by atoms with Crippen LogP contribution in [0.2, 0.25) is 0 Å². The van der Waals surface area contributed by atoms with E-state index < -0.39 is 18.7 Å². The van der Waals surface area contributed by atoms with Crippen LogP contribution < -0.4 is 16.0 Å². The van der Waals surface area contributed by atoms with E-state index in [1.165, 1.54) is 4.90 Å². The summed E-state index contributed by atoms with van der Waals surface area (Å²) in [6.45, 7) is -0.176. The van der Waals surface area contributed by atoms with Crippen molar-refractivity contribution >= 4 is 35.3 Å². The first-order valence-electron chi connectivity index (χ1n) is 7.95. The number of hydrogen-bond donors (Lipinski definition) is 4. The minimum atomic E-state index is -0.897. The van der Waals surface area contributed by atoms with Gasteiger partial charge in [-0.05, 0) is 36.9 Å². The molecular formula is C16H20N4O4S. The molecule has 0 aromatic heterocycles. The number of hydrogen-bond acceptors (Lipinski definition) is 5. The number of thioether (sulfide) groups is 1. The number of rotatable bonds is 4. The largest absolute Gasteiger partial charge is 0.394 e. The average Bonchev–Trinajstić information content (AvgIpc) is 3.03. The molecule has 134 valence electrons. The van der Waals surface area contributed by atoms with Gasteiger partial charge < -0.3 is 26.0 Å². The minimum Gasteiger partial charge on any atom is -0.394 e. The lowest BCUT2D eigenvalue weighted by Crippen LogP contribution is -2.62. The highest BCUT2D eigenvalue weighted by molar-refractivity contribution is 7.98. The van der Waals surface area contributed by atoms with Crippen molar-refractivity contribution in [3.8, 4) is 0 Å². The fourth-order valence-electron chi connectivity index (χ4n) is 3.11. The van der Waals surface area contributed by atoms with Gasteiger partial charge in [-0.2, -0.15) is 0 Å². The van der Waals surface area contributed by atoms with Crippen molar-refractivity contribution in [3.05, 3.63) is 24.3 Å². The molecule has 8 nitrogen and oxygen atoms in total. The first kappa shape index (κ1) is 17.6. The van der Waals surface area contributed by atoms with Gasteiger partial charge in [-0.3, -0.25) is 9.59 Å². The lowest BCUT2D eigenvalue weighted by Gasteiger charge is -2.33. The van der Waals surface area contributed by atoms with Gasteiger partial charge in [-0.25, -0.2) is 4.79 Å².